The Balaban J connectivity index is 0.00000112. The van der Waals surface area contributed by atoms with E-state index in [9.17, 15) is 0 Å². The van der Waals surface area contributed by atoms with Gasteiger partial charge < -0.3 is 10.6 Å². The molecule has 82 valence electrons. The predicted octanol–water partition coefficient (Wildman–Crippen LogP) is 3.00. The second-order valence-corrected chi connectivity index (χ2v) is 3.69. The zero-order valence-electron chi connectivity index (χ0n) is 7.35. The van der Waals surface area contributed by atoms with Gasteiger partial charge in [0, 0.05) is 6.54 Å². The summed E-state index contributed by atoms with van der Waals surface area (Å²) in [4.78, 5) is 4.19. The minimum Gasteiger partial charge on any atom is -0.354 e. The van der Waals surface area contributed by atoms with E-state index in [0.29, 0.717) is 15.7 Å². The van der Waals surface area contributed by atoms with E-state index in [2.05, 4.69) is 15.6 Å². The van der Waals surface area contributed by atoms with E-state index in [1.807, 2.05) is 0 Å². The summed E-state index contributed by atoms with van der Waals surface area (Å²) in [6.45, 7) is 1.63. The molecule has 0 unspecified atom stereocenters. The van der Waals surface area contributed by atoms with Gasteiger partial charge in [-0.1, -0.05) is 36.7 Å². The Hall–Kier alpha value is -0.930. The van der Waals surface area contributed by atoms with Crippen molar-refractivity contribution in [2.75, 3.05) is 18.4 Å². The van der Waals surface area contributed by atoms with E-state index in [-0.39, 0.29) is 7.43 Å². The van der Waals surface area contributed by atoms with Crippen molar-refractivity contribution >= 4 is 34.8 Å². The number of anilines is 1. The molecule has 1 aliphatic heterocycles. The van der Waals surface area contributed by atoms with Gasteiger partial charge in [-0.2, -0.15) is 0 Å². The van der Waals surface area contributed by atoms with Crippen LogP contribution in [0.2, 0.25) is 10.0 Å². The van der Waals surface area contributed by atoms with E-state index in [4.69, 9.17) is 23.2 Å². The number of rotatable bonds is 1. The molecule has 2 rings (SSSR count). The van der Waals surface area contributed by atoms with Gasteiger partial charge in [-0.25, -0.2) is 0 Å². The normalized spacial score (nSPS) is 13.9. The highest BCUT2D eigenvalue weighted by atomic mass is 35.5. The summed E-state index contributed by atoms with van der Waals surface area (Å²) in [5, 5.41) is 7.32. The summed E-state index contributed by atoms with van der Waals surface area (Å²) in [7, 11) is 0. The first-order valence-corrected chi connectivity index (χ1v) is 5.02. The first-order chi connectivity index (χ1) is 6.77. The highest BCUT2D eigenvalue weighted by molar-refractivity contribution is 6.39. The zero-order chi connectivity index (χ0) is 9.97. The van der Waals surface area contributed by atoms with Crippen LogP contribution in [-0.4, -0.2) is 19.0 Å². The molecule has 0 saturated carbocycles. The van der Waals surface area contributed by atoms with Crippen molar-refractivity contribution in [3.63, 3.8) is 0 Å². The molecule has 15 heavy (non-hydrogen) atoms. The number of aliphatic imine (C=N–C) groups is 1. The number of para-hydroxylation sites is 1. The van der Waals surface area contributed by atoms with Crippen LogP contribution >= 0.6 is 23.2 Å². The Morgan fingerprint density at radius 1 is 1.27 bits per heavy atom. The van der Waals surface area contributed by atoms with Crippen molar-refractivity contribution in [1.82, 2.24) is 5.32 Å². The Morgan fingerprint density at radius 2 is 1.93 bits per heavy atom. The van der Waals surface area contributed by atoms with Gasteiger partial charge in [-0.15, -0.1) is 0 Å². The Kier molecular flexibility index (Phi) is 4.24. The lowest BCUT2D eigenvalue weighted by Gasteiger charge is -2.09. The molecule has 3 nitrogen and oxygen atoms in total. The van der Waals surface area contributed by atoms with Gasteiger partial charge in [0.25, 0.3) is 0 Å². The van der Waals surface area contributed by atoms with Gasteiger partial charge >= 0.3 is 0 Å². The fraction of sp³-hybridized carbons (Fsp3) is 0.300. The standard InChI is InChI=1S/C9H9Cl2N3.CH4/c10-6-2-1-3-7(11)8(6)14-9-12-4-5-13-9;/h1-3H,4-5H2,(H2,12,13,14);1H4. The summed E-state index contributed by atoms with van der Waals surface area (Å²) in [6, 6.07) is 5.37. The van der Waals surface area contributed by atoms with Crippen LogP contribution in [0.1, 0.15) is 7.43 Å². The Bertz CT molecular complexity index is 357. The molecule has 1 aliphatic rings. The molecule has 0 fully saturated rings. The molecular weight excluding hydrogens is 233 g/mol. The number of benzene rings is 1. The summed E-state index contributed by atoms with van der Waals surface area (Å²) in [5.41, 5.74) is 0.698. The van der Waals surface area contributed by atoms with Gasteiger partial charge in [-0.05, 0) is 12.1 Å². The van der Waals surface area contributed by atoms with Crippen molar-refractivity contribution < 1.29 is 0 Å². The number of guanidine groups is 1. The summed E-state index contributed by atoms with van der Waals surface area (Å²) < 4.78 is 0. The topological polar surface area (TPSA) is 36.4 Å². The third-order valence-electron chi connectivity index (χ3n) is 1.88. The molecule has 0 radical (unpaired) electrons. The van der Waals surface area contributed by atoms with Crippen LogP contribution in [0.25, 0.3) is 0 Å². The van der Waals surface area contributed by atoms with Crippen LogP contribution in [0.5, 0.6) is 0 Å². The SMILES string of the molecule is C.Clc1cccc(Cl)c1NC1=NCCN1. The minimum absolute atomic E-state index is 0. The number of halogens is 2. The second kappa shape index (κ2) is 5.24. The maximum absolute atomic E-state index is 5.98. The Labute approximate surface area is 99.5 Å². The second-order valence-electron chi connectivity index (χ2n) is 2.88. The van der Waals surface area contributed by atoms with Crippen molar-refractivity contribution in [2.24, 2.45) is 4.99 Å². The summed E-state index contributed by atoms with van der Waals surface area (Å²) >= 11 is 12.0. The van der Waals surface area contributed by atoms with E-state index >= 15 is 0 Å². The summed E-state index contributed by atoms with van der Waals surface area (Å²) in [5.74, 6) is 0.722. The van der Waals surface area contributed by atoms with Crippen LogP contribution in [-0.2, 0) is 0 Å². The molecule has 1 heterocycles. The highest BCUT2D eigenvalue weighted by Crippen LogP contribution is 2.29. The van der Waals surface area contributed by atoms with E-state index < -0.39 is 0 Å². The minimum atomic E-state index is 0. The molecule has 1 aromatic carbocycles. The number of hydrogen-bond acceptors (Lipinski definition) is 3. The molecule has 0 aromatic heterocycles. The van der Waals surface area contributed by atoms with Crippen molar-refractivity contribution in [3.8, 4) is 0 Å². The molecule has 0 bridgehead atoms. The molecule has 0 aliphatic carbocycles. The quantitative estimate of drug-likeness (QED) is 0.799. The van der Waals surface area contributed by atoms with Gasteiger partial charge in [0.2, 0.25) is 0 Å². The van der Waals surface area contributed by atoms with Crippen LogP contribution < -0.4 is 10.6 Å². The average Bonchev–Trinajstić information content (AvgIpc) is 2.64. The lowest BCUT2D eigenvalue weighted by Crippen LogP contribution is -2.26. The maximum Gasteiger partial charge on any atom is 0.196 e. The van der Waals surface area contributed by atoms with Crippen LogP contribution in [0, 0.1) is 0 Å². The lowest BCUT2D eigenvalue weighted by molar-refractivity contribution is 0.959. The number of nitrogens with zero attached hydrogens (tertiary/aromatic N) is 1. The highest BCUT2D eigenvalue weighted by Gasteiger charge is 2.09. The lowest BCUT2D eigenvalue weighted by atomic mass is 10.3. The zero-order valence-corrected chi connectivity index (χ0v) is 8.86. The molecule has 0 atom stereocenters. The summed E-state index contributed by atoms with van der Waals surface area (Å²) in [6.07, 6.45) is 0. The third kappa shape index (κ3) is 2.76. The molecule has 2 N–H and O–H groups in total. The molecule has 5 heteroatoms. The first kappa shape index (κ1) is 12.1. The van der Waals surface area contributed by atoms with Crippen molar-refractivity contribution in [2.45, 2.75) is 7.43 Å². The fourth-order valence-corrected chi connectivity index (χ4v) is 1.71. The largest absolute Gasteiger partial charge is 0.354 e. The van der Waals surface area contributed by atoms with E-state index in [1.54, 1.807) is 18.2 Å². The molecule has 1 aromatic rings. The smallest absolute Gasteiger partial charge is 0.196 e. The van der Waals surface area contributed by atoms with Crippen LogP contribution in [0.15, 0.2) is 23.2 Å². The first-order valence-electron chi connectivity index (χ1n) is 4.27. The molecule has 0 saturated heterocycles. The van der Waals surface area contributed by atoms with Gasteiger partial charge in [-0.3, -0.25) is 4.99 Å². The van der Waals surface area contributed by atoms with Crippen LogP contribution in [0.4, 0.5) is 5.69 Å². The van der Waals surface area contributed by atoms with E-state index in [1.165, 1.54) is 0 Å². The third-order valence-corrected chi connectivity index (χ3v) is 2.51. The maximum atomic E-state index is 5.98. The van der Waals surface area contributed by atoms with Gasteiger partial charge in [0.05, 0.1) is 22.3 Å². The van der Waals surface area contributed by atoms with E-state index in [0.717, 1.165) is 19.0 Å². The number of nitrogens with one attached hydrogen (secondary N) is 2. The van der Waals surface area contributed by atoms with Crippen LogP contribution in [0.3, 0.4) is 0 Å². The molecule has 0 spiro atoms. The monoisotopic (exact) mass is 245 g/mol. The van der Waals surface area contributed by atoms with Gasteiger partial charge in [0.1, 0.15) is 0 Å². The average molecular weight is 246 g/mol. The van der Waals surface area contributed by atoms with Crippen molar-refractivity contribution in [3.05, 3.63) is 28.2 Å². The number of hydrogen-bond donors (Lipinski definition) is 2. The molecule has 0 amide bonds. The molecular formula is C10H13Cl2N3. The predicted molar refractivity (Wildman–Crippen MR) is 67.1 cm³/mol. The Morgan fingerprint density at radius 3 is 2.47 bits per heavy atom. The van der Waals surface area contributed by atoms with Crippen molar-refractivity contribution in [1.29, 1.82) is 0 Å². The fourth-order valence-electron chi connectivity index (χ4n) is 1.22. The van der Waals surface area contributed by atoms with Gasteiger partial charge in [0.15, 0.2) is 5.96 Å².